The second-order valence-electron chi connectivity index (χ2n) is 3.86. The molecule has 17 heavy (non-hydrogen) atoms. The Hall–Kier alpha value is -2.02. The Morgan fingerprint density at radius 2 is 2.24 bits per heavy atom. The molecule has 0 atom stereocenters. The number of nitrogen functional groups attached to an aromatic ring is 1. The summed E-state index contributed by atoms with van der Waals surface area (Å²) in [6.07, 6.45) is 0.348. The number of carbonyl (C=O) groups excluding carboxylic acids is 1. The van der Waals surface area contributed by atoms with Gasteiger partial charge in [0.1, 0.15) is 0 Å². The number of hydrogen-bond donors (Lipinski definition) is 1. The average molecular weight is 231 g/mol. The van der Waals surface area contributed by atoms with E-state index in [1.54, 1.807) is 17.0 Å². The zero-order chi connectivity index (χ0) is 12.8. The van der Waals surface area contributed by atoms with Gasteiger partial charge in [0.25, 0.3) is 5.91 Å². The van der Waals surface area contributed by atoms with Crippen LogP contribution < -0.4 is 5.73 Å². The van der Waals surface area contributed by atoms with E-state index in [0.29, 0.717) is 30.8 Å². The van der Waals surface area contributed by atoms with E-state index < -0.39 is 0 Å². The van der Waals surface area contributed by atoms with Crippen molar-refractivity contribution >= 4 is 11.6 Å². The Labute approximate surface area is 102 Å². The predicted molar refractivity (Wildman–Crippen MR) is 67.4 cm³/mol. The lowest BCUT2D eigenvalue weighted by molar-refractivity contribution is 0.0768. The molecule has 0 bridgehead atoms. The molecule has 90 valence electrons. The number of nitrogens with zero attached hydrogens (tertiary/aromatic N) is 2. The van der Waals surface area contributed by atoms with E-state index in [-0.39, 0.29) is 5.91 Å². The van der Waals surface area contributed by atoms with Gasteiger partial charge < -0.3 is 10.6 Å². The summed E-state index contributed by atoms with van der Waals surface area (Å²) in [5.41, 5.74) is 7.93. The van der Waals surface area contributed by atoms with Crippen LogP contribution in [0.2, 0.25) is 0 Å². The van der Waals surface area contributed by atoms with Gasteiger partial charge in [0.15, 0.2) is 0 Å². The lowest BCUT2D eigenvalue weighted by atomic mass is 10.1. The highest BCUT2D eigenvalue weighted by Gasteiger charge is 2.14. The fraction of sp³-hybridized carbons (Fsp3) is 0.385. The molecule has 1 aromatic rings. The molecular weight excluding hydrogens is 214 g/mol. The van der Waals surface area contributed by atoms with Crippen LogP contribution in [0, 0.1) is 18.3 Å². The molecule has 0 aromatic heterocycles. The molecule has 1 amide bonds. The van der Waals surface area contributed by atoms with Gasteiger partial charge in [-0.15, -0.1) is 0 Å². The largest absolute Gasteiger partial charge is 0.398 e. The Bertz CT molecular complexity index is 448. The van der Waals surface area contributed by atoms with Gasteiger partial charge in [-0.2, -0.15) is 5.26 Å². The summed E-state index contributed by atoms with van der Waals surface area (Å²) < 4.78 is 0. The van der Waals surface area contributed by atoms with Crippen molar-refractivity contribution in [3.05, 3.63) is 29.3 Å². The molecule has 0 spiro atoms. The van der Waals surface area contributed by atoms with Crippen LogP contribution in [0.15, 0.2) is 18.2 Å². The summed E-state index contributed by atoms with van der Waals surface area (Å²) in [6.45, 7) is 4.84. The van der Waals surface area contributed by atoms with Crippen molar-refractivity contribution in [1.29, 1.82) is 5.26 Å². The summed E-state index contributed by atoms with van der Waals surface area (Å²) in [5.74, 6) is -0.0746. The molecular formula is C13H17N3O. The fourth-order valence-electron chi connectivity index (χ4n) is 1.54. The highest BCUT2D eigenvalue weighted by atomic mass is 16.2. The van der Waals surface area contributed by atoms with Crippen LogP contribution in [0.3, 0.4) is 0 Å². The van der Waals surface area contributed by atoms with Crippen LogP contribution in [0.1, 0.15) is 29.3 Å². The molecule has 2 N–H and O–H groups in total. The number of carbonyl (C=O) groups is 1. The van der Waals surface area contributed by atoms with Crippen molar-refractivity contribution in [2.45, 2.75) is 20.3 Å². The third-order valence-corrected chi connectivity index (χ3v) is 2.69. The topological polar surface area (TPSA) is 70.1 Å². The molecule has 0 aliphatic heterocycles. The maximum Gasteiger partial charge on any atom is 0.253 e. The minimum absolute atomic E-state index is 0.0746. The SMILES string of the molecule is CCN(CCC#N)C(=O)c1ccc(C)c(N)c1. The Balaban J connectivity index is 2.86. The summed E-state index contributed by atoms with van der Waals surface area (Å²) >= 11 is 0. The molecule has 0 saturated heterocycles. The quantitative estimate of drug-likeness (QED) is 0.805. The molecule has 0 radical (unpaired) electrons. The van der Waals surface area contributed by atoms with E-state index in [4.69, 9.17) is 11.0 Å². The normalized spacial score (nSPS) is 9.71. The van der Waals surface area contributed by atoms with Gasteiger partial charge >= 0.3 is 0 Å². The molecule has 4 heteroatoms. The van der Waals surface area contributed by atoms with Crippen molar-refractivity contribution in [3.63, 3.8) is 0 Å². The van der Waals surface area contributed by atoms with Crippen molar-refractivity contribution in [2.75, 3.05) is 18.8 Å². The van der Waals surface area contributed by atoms with E-state index in [1.807, 2.05) is 26.0 Å². The Kier molecular flexibility index (Phi) is 4.53. The van der Waals surface area contributed by atoms with Gasteiger partial charge in [0.05, 0.1) is 12.5 Å². The van der Waals surface area contributed by atoms with E-state index in [2.05, 4.69) is 0 Å². The van der Waals surface area contributed by atoms with Crippen molar-refractivity contribution in [3.8, 4) is 6.07 Å². The molecule has 1 aromatic carbocycles. The van der Waals surface area contributed by atoms with Gasteiger partial charge in [0, 0.05) is 24.3 Å². The predicted octanol–water partition coefficient (Wildman–Crippen LogP) is 1.95. The first kappa shape index (κ1) is 13.0. The average Bonchev–Trinajstić information content (AvgIpc) is 2.33. The first-order valence-corrected chi connectivity index (χ1v) is 5.62. The van der Waals surface area contributed by atoms with E-state index >= 15 is 0 Å². The van der Waals surface area contributed by atoms with Gasteiger partial charge in [-0.05, 0) is 31.5 Å². The molecule has 0 saturated carbocycles. The number of aryl methyl sites for hydroxylation is 1. The van der Waals surface area contributed by atoms with Crippen molar-refractivity contribution in [1.82, 2.24) is 4.90 Å². The number of anilines is 1. The molecule has 0 aliphatic carbocycles. The maximum absolute atomic E-state index is 12.1. The lowest BCUT2D eigenvalue weighted by Gasteiger charge is -2.19. The smallest absolute Gasteiger partial charge is 0.253 e. The summed E-state index contributed by atoms with van der Waals surface area (Å²) in [7, 11) is 0. The first-order chi connectivity index (χ1) is 8.10. The summed E-state index contributed by atoms with van der Waals surface area (Å²) in [6, 6.07) is 7.33. The van der Waals surface area contributed by atoms with Crippen LogP contribution in [-0.4, -0.2) is 23.9 Å². The van der Waals surface area contributed by atoms with Crippen LogP contribution in [-0.2, 0) is 0 Å². The van der Waals surface area contributed by atoms with Gasteiger partial charge in [-0.25, -0.2) is 0 Å². The van der Waals surface area contributed by atoms with Crippen LogP contribution >= 0.6 is 0 Å². The van der Waals surface area contributed by atoms with Gasteiger partial charge in [-0.1, -0.05) is 6.07 Å². The maximum atomic E-state index is 12.1. The van der Waals surface area contributed by atoms with E-state index in [0.717, 1.165) is 5.56 Å². The first-order valence-electron chi connectivity index (χ1n) is 5.62. The number of nitrogens with two attached hydrogens (primary N) is 1. The zero-order valence-corrected chi connectivity index (χ0v) is 10.2. The van der Waals surface area contributed by atoms with Gasteiger partial charge in [-0.3, -0.25) is 4.79 Å². The Morgan fingerprint density at radius 1 is 1.53 bits per heavy atom. The van der Waals surface area contributed by atoms with Crippen LogP contribution in [0.5, 0.6) is 0 Å². The fourth-order valence-corrected chi connectivity index (χ4v) is 1.54. The van der Waals surface area contributed by atoms with Crippen LogP contribution in [0.25, 0.3) is 0 Å². The van der Waals surface area contributed by atoms with E-state index in [1.165, 1.54) is 0 Å². The molecule has 0 unspecified atom stereocenters. The van der Waals surface area contributed by atoms with Gasteiger partial charge in [0.2, 0.25) is 0 Å². The highest BCUT2D eigenvalue weighted by molar-refractivity contribution is 5.95. The lowest BCUT2D eigenvalue weighted by Crippen LogP contribution is -2.31. The number of rotatable bonds is 4. The summed E-state index contributed by atoms with van der Waals surface area (Å²) in [5, 5.41) is 8.54. The minimum Gasteiger partial charge on any atom is -0.398 e. The molecule has 0 heterocycles. The minimum atomic E-state index is -0.0746. The molecule has 0 aliphatic rings. The number of nitriles is 1. The number of hydrogen-bond acceptors (Lipinski definition) is 3. The van der Waals surface area contributed by atoms with Crippen LogP contribution in [0.4, 0.5) is 5.69 Å². The second-order valence-corrected chi connectivity index (χ2v) is 3.86. The van der Waals surface area contributed by atoms with Crippen molar-refractivity contribution < 1.29 is 4.79 Å². The standard InChI is InChI=1S/C13H17N3O/c1-3-16(8-4-7-14)13(17)11-6-5-10(2)12(15)9-11/h5-6,9H,3-4,8,15H2,1-2H3. The number of amides is 1. The molecule has 1 rings (SSSR count). The molecule has 0 fully saturated rings. The second kappa shape index (κ2) is 5.90. The highest BCUT2D eigenvalue weighted by Crippen LogP contribution is 2.14. The molecule has 4 nitrogen and oxygen atoms in total. The third-order valence-electron chi connectivity index (χ3n) is 2.69. The number of benzene rings is 1. The zero-order valence-electron chi connectivity index (χ0n) is 10.2. The van der Waals surface area contributed by atoms with E-state index in [9.17, 15) is 4.79 Å². The monoisotopic (exact) mass is 231 g/mol. The third kappa shape index (κ3) is 3.22. The van der Waals surface area contributed by atoms with Crippen molar-refractivity contribution in [2.24, 2.45) is 0 Å². The Morgan fingerprint density at radius 3 is 2.76 bits per heavy atom. The summed E-state index contributed by atoms with van der Waals surface area (Å²) in [4.78, 5) is 13.8.